The Kier molecular flexibility index (Phi) is 5.50. The number of hydrogen-bond donors (Lipinski definition) is 1. The number of anilines is 1. The number of carbonyl (C=O) groups excluding carboxylic acids is 1. The number of benzene rings is 2. The summed E-state index contributed by atoms with van der Waals surface area (Å²) in [4.78, 5) is 18.1. The van der Waals surface area contributed by atoms with Crippen molar-refractivity contribution >= 4 is 21.6 Å². The lowest BCUT2D eigenvalue weighted by Crippen LogP contribution is -2.38. The second kappa shape index (κ2) is 8.12. The first-order valence-corrected chi connectivity index (χ1v) is 11.1. The van der Waals surface area contributed by atoms with E-state index >= 15 is 0 Å². The Morgan fingerprint density at radius 1 is 1.13 bits per heavy atom. The minimum Gasteiger partial charge on any atom is -0.482 e. The Hall–Kier alpha value is -3.24. The Morgan fingerprint density at radius 3 is 2.55 bits per heavy atom. The Labute approximate surface area is 180 Å². The molecule has 9 nitrogen and oxygen atoms in total. The minimum atomic E-state index is -3.79. The van der Waals surface area contributed by atoms with Crippen molar-refractivity contribution in [1.29, 1.82) is 0 Å². The van der Waals surface area contributed by atoms with E-state index < -0.39 is 10.0 Å². The maximum Gasteiger partial charge on any atom is 0.265 e. The minimum absolute atomic E-state index is 0.100. The van der Waals surface area contributed by atoms with Gasteiger partial charge in [-0.2, -0.15) is 4.98 Å². The average Bonchev–Trinajstić information content (AvgIpc) is 3.14. The molecule has 1 N–H and O–H groups in total. The van der Waals surface area contributed by atoms with E-state index in [2.05, 4.69) is 14.9 Å². The third kappa shape index (κ3) is 4.44. The monoisotopic (exact) mass is 442 g/mol. The smallest absolute Gasteiger partial charge is 0.265 e. The number of sulfonamides is 1. The zero-order chi connectivity index (χ0) is 22.2. The summed E-state index contributed by atoms with van der Waals surface area (Å²) >= 11 is 0. The molecule has 2 aromatic carbocycles. The predicted molar refractivity (Wildman–Crippen MR) is 112 cm³/mol. The molecule has 1 aliphatic heterocycles. The summed E-state index contributed by atoms with van der Waals surface area (Å²) in [5.41, 5.74) is 2.91. The lowest BCUT2D eigenvalue weighted by molar-refractivity contribution is -0.121. The standard InChI is InChI=1S/C21H22N4O5S/c1-13-4-6-16(7-5-13)10-22-31(27,28)19-9-18-17(8-14(19)2)25(21(26)12-29-18)11-20-23-15(3)30-24-20/h4-9,22H,10-12H2,1-3H3. The number of amides is 1. The van der Waals surface area contributed by atoms with E-state index in [0.717, 1.165) is 11.1 Å². The average molecular weight is 442 g/mol. The fraction of sp³-hybridized carbons (Fsp3) is 0.286. The number of nitrogens with zero attached hydrogens (tertiary/aromatic N) is 3. The summed E-state index contributed by atoms with van der Waals surface area (Å²) < 4.78 is 39.0. The van der Waals surface area contributed by atoms with Gasteiger partial charge in [0.05, 0.1) is 17.1 Å². The van der Waals surface area contributed by atoms with E-state index in [0.29, 0.717) is 28.7 Å². The summed E-state index contributed by atoms with van der Waals surface area (Å²) in [5, 5.41) is 3.83. The molecule has 0 spiro atoms. The second-order valence-electron chi connectivity index (χ2n) is 7.39. The van der Waals surface area contributed by atoms with Gasteiger partial charge in [0.1, 0.15) is 5.75 Å². The number of aryl methyl sites for hydroxylation is 3. The summed E-state index contributed by atoms with van der Waals surface area (Å²) in [7, 11) is -3.79. The second-order valence-corrected chi connectivity index (χ2v) is 9.13. The molecule has 3 aromatic rings. The summed E-state index contributed by atoms with van der Waals surface area (Å²) in [5.74, 6) is 0.782. The van der Waals surface area contributed by atoms with Crippen LogP contribution in [0.2, 0.25) is 0 Å². The molecule has 1 aliphatic rings. The van der Waals surface area contributed by atoms with Crippen LogP contribution in [0.25, 0.3) is 0 Å². The Balaban J connectivity index is 1.60. The van der Waals surface area contributed by atoms with E-state index in [1.54, 1.807) is 19.9 Å². The maximum absolute atomic E-state index is 12.9. The molecule has 0 saturated heterocycles. The van der Waals surface area contributed by atoms with Crippen LogP contribution in [0.4, 0.5) is 5.69 Å². The van der Waals surface area contributed by atoms with Crippen LogP contribution in [-0.2, 0) is 27.9 Å². The van der Waals surface area contributed by atoms with Crippen molar-refractivity contribution in [2.24, 2.45) is 0 Å². The Bertz CT molecular complexity index is 1240. The van der Waals surface area contributed by atoms with Gasteiger partial charge in [-0.3, -0.25) is 9.69 Å². The SMILES string of the molecule is Cc1ccc(CNS(=O)(=O)c2cc3c(cc2C)N(Cc2noc(C)n2)C(=O)CO3)cc1. The molecule has 1 aromatic heterocycles. The molecule has 1 amide bonds. The van der Waals surface area contributed by atoms with Crippen molar-refractivity contribution in [2.45, 2.75) is 38.8 Å². The van der Waals surface area contributed by atoms with E-state index in [1.807, 2.05) is 31.2 Å². The highest BCUT2D eigenvalue weighted by Gasteiger charge is 2.30. The van der Waals surface area contributed by atoms with E-state index in [9.17, 15) is 13.2 Å². The lowest BCUT2D eigenvalue weighted by Gasteiger charge is -2.29. The summed E-state index contributed by atoms with van der Waals surface area (Å²) in [6.07, 6.45) is 0. The fourth-order valence-corrected chi connectivity index (χ4v) is 4.56. The quantitative estimate of drug-likeness (QED) is 0.623. The number of nitrogens with one attached hydrogen (secondary N) is 1. The van der Waals surface area contributed by atoms with Gasteiger partial charge in [0.15, 0.2) is 12.4 Å². The van der Waals surface area contributed by atoms with E-state index in [-0.39, 0.29) is 30.5 Å². The van der Waals surface area contributed by atoms with Crippen LogP contribution >= 0.6 is 0 Å². The van der Waals surface area contributed by atoms with Crippen LogP contribution in [0, 0.1) is 20.8 Å². The first-order valence-electron chi connectivity index (χ1n) is 9.65. The molecular weight excluding hydrogens is 420 g/mol. The normalized spacial score (nSPS) is 13.8. The highest BCUT2D eigenvalue weighted by molar-refractivity contribution is 7.89. The molecule has 0 saturated carbocycles. The summed E-state index contributed by atoms with van der Waals surface area (Å²) in [6, 6.07) is 10.7. The molecule has 162 valence electrons. The van der Waals surface area contributed by atoms with Crippen LogP contribution in [0.3, 0.4) is 0 Å². The van der Waals surface area contributed by atoms with E-state index in [4.69, 9.17) is 9.26 Å². The van der Waals surface area contributed by atoms with Crippen molar-refractivity contribution in [1.82, 2.24) is 14.9 Å². The number of fused-ring (bicyclic) bond motifs is 1. The predicted octanol–water partition coefficient (Wildman–Crippen LogP) is 2.40. The van der Waals surface area contributed by atoms with E-state index in [1.165, 1.54) is 11.0 Å². The van der Waals surface area contributed by atoms with Gasteiger partial charge in [-0.1, -0.05) is 35.0 Å². The molecule has 0 aliphatic carbocycles. The van der Waals surface area contributed by atoms with Crippen LogP contribution < -0.4 is 14.4 Å². The van der Waals surface area contributed by atoms with Gasteiger partial charge in [-0.15, -0.1) is 0 Å². The number of ether oxygens (including phenoxy) is 1. The molecule has 0 unspecified atom stereocenters. The Morgan fingerprint density at radius 2 is 1.87 bits per heavy atom. The number of carbonyl (C=O) groups is 1. The fourth-order valence-electron chi connectivity index (χ4n) is 3.30. The zero-order valence-corrected chi connectivity index (χ0v) is 18.2. The van der Waals surface area contributed by atoms with Crippen molar-refractivity contribution in [3.63, 3.8) is 0 Å². The van der Waals surface area contributed by atoms with Crippen LogP contribution in [-0.4, -0.2) is 31.1 Å². The van der Waals surface area contributed by atoms with Crippen molar-refractivity contribution in [2.75, 3.05) is 11.5 Å². The maximum atomic E-state index is 12.9. The molecular formula is C21H22N4O5S. The number of aromatic nitrogens is 2. The highest BCUT2D eigenvalue weighted by atomic mass is 32.2. The summed E-state index contributed by atoms with van der Waals surface area (Å²) in [6.45, 7) is 5.37. The van der Waals surface area contributed by atoms with Gasteiger partial charge in [0.2, 0.25) is 15.9 Å². The number of hydrogen-bond acceptors (Lipinski definition) is 7. The first-order chi connectivity index (χ1) is 14.7. The largest absolute Gasteiger partial charge is 0.482 e. The lowest BCUT2D eigenvalue weighted by atomic mass is 10.1. The highest BCUT2D eigenvalue weighted by Crippen LogP contribution is 2.37. The van der Waals surface area contributed by atoms with Crippen LogP contribution in [0.15, 0.2) is 45.8 Å². The van der Waals surface area contributed by atoms with Crippen molar-refractivity contribution < 1.29 is 22.5 Å². The van der Waals surface area contributed by atoms with Crippen molar-refractivity contribution in [3.8, 4) is 5.75 Å². The van der Waals surface area contributed by atoms with Gasteiger partial charge in [-0.25, -0.2) is 13.1 Å². The van der Waals surface area contributed by atoms with Gasteiger partial charge in [-0.05, 0) is 31.0 Å². The topological polar surface area (TPSA) is 115 Å². The van der Waals surface area contributed by atoms with Crippen LogP contribution in [0.1, 0.15) is 28.4 Å². The van der Waals surface area contributed by atoms with Gasteiger partial charge >= 0.3 is 0 Å². The first kappa shape index (κ1) is 21.0. The molecule has 4 rings (SSSR count). The molecule has 31 heavy (non-hydrogen) atoms. The molecule has 2 heterocycles. The number of rotatable bonds is 6. The van der Waals surface area contributed by atoms with Gasteiger partial charge < -0.3 is 9.26 Å². The van der Waals surface area contributed by atoms with Gasteiger partial charge in [0, 0.05) is 19.5 Å². The molecule has 0 atom stereocenters. The third-order valence-electron chi connectivity index (χ3n) is 4.95. The van der Waals surface area contributed by atoms with Crippen molar-refractivity contribution in [3.05, 3.63) is 64.8 Å². The zero-order valence-electron chi connectivity index (χ0n) is 17.4. The molecule has 0 bridgehead atoms. The molecule has 0 fully saturated rings. The molecule has 0 radical (unpaired) electrons. The molecule has 10 heteroatoms. The van der Waals surface area contributed by atoms with Crippen LogP contribution in [0.5, 0.6) is 5.75 Å². The third-order valence-corrected chi connectivity index (χ3v) is 6.49. The van der Waals surface area contributed by atoms with Gasteiger partial charge in [0.25, 0.3) is 5.91 Å².